The van der Waals surface area contributed by atoms with Gasteiger partial charge in [-0.3, -0.25) is 0 Å². The van der Waals surface area contributed by atoms with Crippen LogP contribution in [0.1, 0.15) is 131 Å². The van der Waals surface area contributed by atoms with E-state index in [0.717, 1.165) is 18.6 Å². The molecular weight excluding hydrogens is 488 g/mol. The normalized spacial score (nSPS) is 11.7. The third-order valence-corrected chi connectivity index (χ3v) is 7.10. The van der Waals surface area contributed by atoms with E-state index in [-0.39, 0.29) is 5.97 Å². The van der Waals surface area contributed by atoms with Gasteiger partial charge >= 0.3 is 11.9 Å². The molecule has 0 aromatic heterocycles. The summed E-state index contributed by atoms with van der Waals surface area (Å²) in [6.45, 7) is 7.45. The van der Waals surface area contributed by atoms with Crippen molar-refractivity contribution in [1.29, 1.82) is 0 Å². The lowest BCUT2D eigenvalue weighted by Gasteiger charge is -2.10. The number of unbranched alkanes of at least 4 members (excludes halogenated alkanes) is 12. The van der Waals surface area contributed by atoms with Crippen LogP contribution >= 0.6 is 0 Å². The average molecular weight is 539 g/mol. The lowest BCUT2D eigenvalue weighted by atomic mass is 10.0. The molecule has 0 bridgehead atoms. The van der Waals surface area contributed by atoms with Crippen molar-refractivity contribution < 1.29 is 23.8 Å². The summed E-state index contributed by atoms with van der Waals surface area (Å²) >= 11 is 0. The molecular formula is C34H50O5. The summed E-state index contributed by atoms with van der Waals surface area (Å²) in [6, 6.07) is 13.4. The molecule has 0 aliphatic heterocycles. The highest BCUT2D eigenvalue weighted by Gasteiger charge is 2.12. The van der Waals surface area contributed by atoms with Crippen molar-refractivity contribution in [2.75, 3.05) is 13.2 Å². The predicted octanol–water partition coefficient (Wildman–Crippen LogP) is 9.58. The van der Waals surface area contributed by atoms with Crippen LogP contribution < -0.4 is 9.47 Å². The molecule has 2 aromatic carbocycles. The van der Waals surface area contributed by atoms with Crippen molar-refractivity contribution >= 4 is 11.9 Å². The lowest BCUT2D eigenvalue weighted by molar-refractivity contribution is 0.0447. The van der Waals surface area contributed by atoms with E-state index in [0.29, 0.717) is 36.0 Å². The van der Waals surface area contributed by atoms with E-state index in [1.807, 2.05) is 6.92 Å². The Morgan fingerprint density at radius 2 is 1.08 bits per heavy atom. The first-order valence-corrected chi connectivity index (χ1v) is 15.3. The number of carbonyl (C=O) groups is 2. The molecule has 0 saturated carbocycles. The molecule has 1 unspecified atom stereocenters. The number of ether oxygens (including phenoxy) is 3. The van der Waals surface area contributed by atoms with Crippen LogP contribution in [0.4, 0.5) is 0 Å². The van der Waals surface area contributed by atoms with Gasteiger partial charge in [0.25, 0.3) is 0 Å². The van der Waals surface area contributed by atoms with E-state index >= 15 is 0 Å². The van der Waals surface area contributed by atoms with Crippen molar-refractivity contribution in [2.24, 2.45) is 5.92 Å². The van der Waals surface area contributed by atoms with E-state index in [9.17, 15) is 9.59 Å². The Kier molecular flexibility index (Phi) is 16.7. The summed E-state index contributed by atoms with van der Waals surface area (Å²) in [5.41, 5.74) is 0.878. The van der Waals surface area contributed by atoms with Crippen LogP contribution in [-0.4, -0.2) is 25.2 Å². The summed E-state index contributed by atoms with van der Waals surface area (Å²) in [5.74, 6) is 0.629. The zero-order valence-corrected chi connectivity index (χ0v) is 24.6. The number of rotatable bonds is 21. The maximum Gasteiger partial charge on any atom is 0.343 e. The minimum Gasteiger partial charge on any atom is -0.494 e. The Morgan fingerprint density at radius 1 is 0.615 bits per heavy atom. The topological polar surface area (TPSA) is 61.8 Å². The monoisotopic (exact) mass is 538 g/mol. The molecule has 0 saturated heterocycles. The zero-order valence-electron chi connectivity index (χ0n) is 24.6. The molecule has 0 spiro atoms. The highest BCUT2D eigenvalue weighted by atomic mass is 16.5. The molecule has 216 valence electrons. The molecule has 2 rings (SSSR count). The Hall–Kier alpha value is -2.82. The number of hydrogen-bond acceptors (Lipinski definition) is 5. The van der Waals surface area contributed by atoms with Crippen LogP contribution in [0.25, 0.3) is 0 Å². The third-order valence-electron chi connectivity index (χ3n) is 7.10. The Balaban J connectivity index is 1.56. The number of benzene rings is 2. The smallest absolute Gasteiger partial charge is 0.343 e. The quantitative estimate of drug-likeness (QED) is 0.0899. The largest absolute Gasteiger partial charge is 0.494 e. The molecule has 0 N–H and O–H groups in total. The third kappa shape index (κ3) is 14.2. The Morgan fingerprint density at radius 3 is 1.59 bits per heavy atom. The first-order chi connectivity index (χ1) is 19.0. The molecule has 0 radical (unpaired) electrons. The first kappa shape index (κ1) is 32.4. The van der Waals surface area contributed by atoms with Crippen molar-refractivity contribution in [3.63, 3.8) is 0 Å². The molecule has 5 heteroatoms. The fourth-order valence-electron chi connectivity index (χ4n) is 4.24. The molecule has 1 atom stereocenters. The summed E-state index contributed by atoms with van der Waals surface area (Å²) in [7, 11) is 0. The SMILES string of the molecule is CCCCCCCCCCCCCCCOc1ccc(C(=O)Oc2ccc(C(=O)OCC(C)CC)cc2)cc1. The maximum absolute atomic E-state index is 12.5. The number of esters is 2. The lowest BCUT2D eigenvalue weighted by Crippen LogP contribution is -2.12. The van der Waals surface area contributed by atoms with E-state index in [1.165, 1.54) is 77.0 Å². The molecule has 0 heterocycles. The Labute approximate surface area is 236 Å². The van der Waals surface area contributed by atoms with Gasteiger partial charge in [-0.1, -0.05) is 104 Å². The predicted molar refractivity (Wildman–Crippen MR) is 159 cm³/mol. The molecule has 2 aromatic rings. The zero-order chi connectivity index (χ0) is 28.1. The van der Waals surface area contributed by atoms with Gasteiger partial charge in [-0.25, -0.2) is 9.59 Å². The van der Waals surface area contributed by atoms with Gasteiger partial charge in [-0.05, 0) is 60.9 Å². The molecule has 39 heavy (non-hydrogen) atoms. The second-order valence-electron chi connectivity index (χ2n) is 10.6. The van der Waals surface area contributed by atoms with Crippen molar-refractivity contribution in [2.45, 2.75) is 111 Å². The second kappa shape index (κ2) is 20.1. The van der Waals surface area contributed by atoms with Crippen molar-refractivity contribution in [1.82, 2.24) is 0 Å². The van der Waals surface area contributed by atoms with Gasteiger partial charge in [-0.15, -0.1) is 0 Å². The maximum atomic E-state index is 12.5. The van der Waals surface area contributed by atoms with E-state index in [2.05, 4.69) is 13.8 Å². The van der Waals surface area contributed by atoms with Gasteiger partial charge in [-0.2, -0.15) is 0 Å². The van der Waals surface area contributed by atoms with E-state index < -0.39 is 5.97 Å². The Bertz CT molecular complexity index is 920. The van der Waals surface area contributed by atoms with Crippen LogP contribution in [0, 0.1) is 5.92 Å². The van der Waals surface area contributed by atoms with Gasteiger partial charge < -0.3 is 14.2 Å². The van der Waals surface area contributed by atoms with E-state index in [1.54, 1.807) is 48.5 Å². The summed E-state index contributed by atoms with van der Waals surface area (Å²) in [4.78, 5) is 24.6. The standard InChI is InChI=1S/C34H50O5/c1-4-6-7-8-9-10-11-12-13-14-15-16-17-26-37-31-22-18-30(19-23-31)34(36)39-32-24-20-29(21-25-32)33(35)38-27-28(3)5-2/h18-25,28H,4-17,26-27H2,1-3H3. The highest BCUT2D eigenvalue weighted by Crippen LogP contribution is 2.18. The molecule has 0 aliphatic rings. The summed E-state index contributed by atoms with van der Waals surface area (Å²) in [6.07, 6.45) is 18.2. The van der Waals surface area contributed by atoms with Gasteiger partial charge in [0.2, 0.25) is 0 Å². The molecule has 0 amide bonds. The van der Waals surface area contributed by atoms with Crippen LogP contribution in [0.3, 0.4) is 0 Å². The van der Waals surface area contributed by atoms with Gasteiger partial charge in [0, 0.05) is 0 Å². The van der Waals surface area contributed by atoms with Gasteiger partial charge in [0.15, 0.2) is 0 Å². The second-order valence-corrected chi connectivity index (χ2v) is 10.6. The fourth-order valence-corrected chi connectivity index (χ4v) is 4.24. The van der Waals surface area contributed by atoms with Crippen LogP contribution in [0.2, 0.25) is 0 Å². The van der Waals surface area contributed by atoms with Crippen LogP contribution in [0.5, 0.6) is 11.5 Å². The van der Waals surface area contributed by atoms with Crippen LogP contribution in [0.15, 0.2) is 48.5 Å². The fraction of sp³-hybridized carbons (Fsp3) is 0.588. The van der Waals surface area contributed by atoms with Crippen molar-refractivity contribution in [3.8, 4) is 11.5 Å². The summed E-state index contributed by atoms with van der Waals surface area (Å²) in [5, 5.41) is 0. The van der Waals surface area contributed by atoms with E-state index in [4.69, 9.17) is 14.2 Å². The first-order valence-electron chi connectivity index (χ1n) is 15.3. The van der Waals surface area contributed by atoms with Gasteiger partial charge in [0.05, 0.1) is 24.3 Å². The number of carbonyl (C=O) groups excluding carboxylic acids is 2. The number of hydrogen-bond donors (Lipinski definition) is 0. The molecule has 0 aliphatic carbocycles. The van der Waals surface area contributed by atoms with Gasteiger partial charge in [0.1, 0.15) is 11.5 Å². The molecule has 5 nitrogen and oxygen atoms in total. The average Bonchev–Trinajstić information content (AvgIpc) is 2.96. The highest BCUT2D eigenvalue weighted by molar-refractivity contribution is 5.92. The van der Waals surface area contributed by atoms with Crippen molar-refractivity contribution in [3.05, 3.63) is 59.7 Å². The van der Waals surface area contributed by atoms with Crippen LogP contribution in [-0.2, 0) is 4.74 Å². The minimum atomic E-state index is -0.454. The molecule has 0 fully saturated rings. The minimum absolute atomic E-state index is 0.324. The summed E-state index contributed by atoms with van der Waals surface area (Å²) < 4.78 is 16.6.